The summed E-state index contributed by atoms with van der Waals surface area (Å²) >= 11 is 12.9. The maximum Gasteiger partial charge on any atom is 0.264 e. The van der Waals surface area contributed by atoms with Gasteiger partial charge in [0.15, 0.2) is 0 Å². The van der Waals surface area contributed by atoms with Crippen molar-refractivity contribution in [2.24, 2.45) is 0 Å². The zero-order valence-corrected chi connectivity index (χ0v) is 28.7. The Morgan fingerprint density at radius 3 is 2.02 bits per heavy atom. The number of rotatable bonds is 13. The van der Waals surface area contributed by atoms with Crippen molar-refractivity contribution >= 4 is 50.7 Å². The molecule has 0 fully saturated rings. The van der Waals surface area contributed by atoms with E-state index in [9.17, 15) is 18.0 Å². The molecule has 0 saturated heterocycles. The summed E-state index contributed by atoms with van der Waals surface area (Å²) in [6.07, 6.45) is 0.925. The van der Waals surface area contributed by atoms with Gasteiger partial charge in [0.05, 0.1) is 20.6 Å². The van der Waals surface area contributed by atoms with Gasteiger partial charge in [-0.2, -0.15) is 0 Å². The predicted octanol–water partition coefficient (Wildman–Crippen LogP) is 7.36. The van der Waals surface area contributed by atoms with Crippen LogP contribution in [0.25, 0.3) is 0 Å². The van der Waals surface area contributed by atoms with Gasteiger partial charge in [0, 0.05) is 19.0 Å². The number of amides is 2. The Balaban J connectivity index is 1.83. The number of sulfonamides is 1. The van der Waals surface area contributed by atoms with E-state index in [-0.39, 0.29) is 45.5 Å². The molecule has 2 amide bonds. The van der Waals surface area contributed by atoms with E-state index in [2.05, 4.69) is 5.32 Å². The van der Waals surface area contributed by atoms with Crippen LogP contribution in [0.5, 0.6) is 0 Å². The summed E-state index contributed by atoms with van der Waals surface area (Å²) in [5, 5.41) is 3.17. The summed E-state index contributed by atoms with van der Waals surface area (Å²) in [4.78, 5) is 30.0. The van der Waals surface area contributed by atoms with Crippen molar-refractivity contribution in [3.8, 4) is 0 Å². The summed E-state index contributed by atoms with van der Waals surface area (Å²) in [5.41, 5.74) is 3.63. The summed E-state index contributed by atoms with van der Waals surface area (Å²) in [6, 6.07) is 27.0. The highest BCUT2D eigenvalue weighted by Gasteiger charge is 2.35. The topological polar surface area (TPSA) is 86.8 Å². The van der Waals surface area contributed by atoms with Crippen LogP contribution in [-0.2, 0) is 32.6 Å². The van der Waals surface area contributed by atoms with Crippen LogP contribution in [0.3, 0.4) is 0 Å². The minimum absolute atomic E-state index is 0.00640. The first-order chi connectivity index (χ1) is 21.9. The van der Waals surface area contributed by atoms with E-state index in [1.165, 1.54) is 23.1 Å². The Morgan fingerprint density at radius 1 is 0.804 bits per heavy atom. The molecule has 4 aromatic rings. The van der Waals surface area contributed by atoms with Gasteiger partial charge in [0.1, 0.15) is 12.6 Å². The second-order valence-corrected chi connectivity index (χ2v) is 14.1. The molecule has 4 rings (SSSR count). The zero-order chi connectivity index (χ0) is 33.4. The van der Waals surface area contributed by atoms with Gasteiger partial charge < -0.3 is 10.2 Å². The third kappa shape index (κ3) is 8.69. The Labute approximate surface area is 282 Å². The summed E-state index contributed by atoms with van der Waals surface area (Å²) in [7, 11) is -4.30. The van der Waals surface area contributed by atoms with Gasteiger partial charge in [-0.15, -0.1) is 0 Å². The number of nitrogens with zero attached hydrogens (tertiary/aromatic N) is 2. The molecule has 0 aromatic heterocycles. The molecule has 0 saturated carbocycles. The lowest BCUT2D eigenvalue weighted by molar-refractivity contribution is -0.140. The monoisotopic (exact) mass is 679 g/mol. The van der Waals surface area contributed by atoms with Gasteiger partial charge in [-0.3, -0.25) is 13.9 Å². The van der Waals surface area contributed by atoms with Crippen LogP contribution in [0.1, 0.15) is 42.5 Å². The van der Waals surface area contributed by atoms with Crippen LogP contribution in [0.15, 0.2) is 102 Å². The van der Waals surface area contributed by atoms with E-state index < -0.39 is 28.5 Å². The summed E-state index contributed by atoms with van der Waals surface area (Å²) in [6.45, 7) is 7.14. The average molecular weight is 681 g/mol. The van der Waals surface area contributed by atoms with Crippen LogP contribution in [0, 0.1) is 13.8 Å². The minimum atomic E-state index is -4.30. The number of hydrogen-bond donors (Lipinski definition) is 1. The van der Waals surface area contributed by atoms with Crippen molar-refractivity contribution in [3.05, 3.63) is 129 Å². The maximum absolute atomic E-state index is 14.6. The molecule has 0 spiro atoms. The number of carbonyl (C=O) groups excluding carboxylic acids is 2. The molecular formula is C36H39Cl2N3O4S. The second-order valence-electron chi connectivity index (χ2n) is 11.4. The van der Waals surface area contributed by atoms with Crippen LogP contribution in [0.4, 0.5) is 5.69 Å². The first kappa shape index (κ1) is 35.0. The van der Waals surface area contributed by atoms with Gasteiger partial charge in [-0.1, -0.05) is 114 Å². The standard InChI is InChI=1S/C36H39Cl2N3O4S/c1-5-27(4)39-36(43)33(22-28-10-7-6-8-11-28)40(23-29-18-14-25(2)15-19-29)34(42)24-41(32-13-9-12-31(37)35(32)38)46(44,45)30-20-16-26(3)17-21-30/h6-21,27,33H,5,22-24H2,1-4H3,(H,39,43). The molecule has 0 aliphatic rings. The van der Waals surface area contributed by atoms with E-state index in [1.54, 1.807) is 24.3 Å². The summed E-state index contributed by atoms with van der Waals surface area (Å²) in [5.74, 6) is -0.903. The number of anilines is 1. The molecule has 0 radical (unpaired) electrons. The fourth-order valence-corrected chi connectivity index (χ4v) is 6.79. The quantitative estimate of drug-likeness (QED) is 0.160. The minimum Gasteiger partial charge on any atom is -0.352 e. The molecule has 46 heavy (non-hydrogen) atoms. The smallest absolute Gasteiger partial charge is 0.264 e. The molecule has 4 aromatic carbocycles. The largest absolute Gasteiger partial charge is 0.352 e. The molecule has 0 aliphatic heterocycles. The fourth-order valence-electron chi connectivity index (χ4n) is 4.92. The molecule has 0 heterocycles. The molecule has 10 heteroatoms. The van der Waals surface area contributed by atoms with Gasteiger partial charge >= 0.3 is 0 Å². The predicted molar refractivity (Wildman–Crippen MR) is 186 cm³/mol. The van der Waals surface area contributed by atoms with Gasteiger partial charge in [-0.05, 0) is 62.6 Å². The second kappa shape index (κ2) is 15.6. The van der Waals surface area contributed by atoms with E-state index in [1.807, 2.05) is 82.3 Å². The van der Waals surface area contributed by atoms with Gasteiger partial charge in [-0.25, -0.2) is 8.42 Å². The third-order valence-electron chi connectivity index (χ3n) is 7.83. The van der Waals surface area contributed by atoms with E-state index >= 15 is 0 Å². The third-order valence-corrected chi connectivity index (χ3v) is 10.4. The number of carbonyl (C=O) groups is 2. The number of hydrogen-bond acceptors (Lipinski definition) is 4. The first-order valence-corrected chi connectivity index (χ1v) is 17.3. The Hall–Kier alpha value is -3.85. The highest BCUT2D eigenvalue weighted by molar-refractivity contribution is 7.92. The van der Waals surface area contributed by atoms with Crippen LogP contribution < -0.4 is 9.62 Å². The maximum atomic E-state index is 14.6. The molecule has 0 aliphatic carbocycles. The SMILES string of the molecule is CCC(C)NC(=O)C(Cc1ccccc1)N(Cc1ccc(C)cc1)C(=O)CN(c1cccc(Cl)c1Cl)S(=O)(=O)c1ccc(C)cc1. The Kier molecular flexibility index (Phi) is 11.9. The van der Waals surface area contributed by atoms with E-state index in [0.29, 0.717) is 6.42 Å². The van der Waals surface area contributed by atoms with E-state index in [0.717, 1.165) is 26.6 Å². The number of benzene rings is 4. The number of nitrogens with one attached hydrogen (secondary N) is 1. The van der Waals surface area contributed by atoms with Crippen molar-refractivity contribution in [1.29, 1.82) is 0 Å². The van der Waals surface area contributed by atoms with E-state index in [4.69, 9.17) is 23.2 Å². The van der Waals surface area contributed by atoms with Crippen molar-refractivity contribution in [2.45, 2.75) is 64.1 Å². The molecule has 7 nitrogen and oxygen atoms in total. The van der Waals surface area contributed by atoms with Gasteiger partial charge in [0.2, 0.25) is 11.8 Å². The van der Waals surface area contributed by atoms with Crippen molar-refractivity contribution in [2.75, 3.05) is 10.8 Å². The highest BCUT2D eigenvalue weighted by atomic mass is 35.5. The lowest BCUT2D eigenvalue weighted by Gasteiger charge is -2.34. The van der Waals surface area contributed by atoms with Crippen molar-refractivity contribution < 1.29 is 18.0 Å². The molecule has 1 N–H and O–H groups in total. The van der Waals surface area contributed by atoms with Crippen LogP contribution in [0.2, 0.25) is 10.0 Å². The average Bonchev–Trinajstić information content (AvgIpc) is 3.04. The normalized spacial score (nSPS) is 12.7. The molecular weight excluding hydrogens is 641 g/mol. The zero-order valence-electron chi connectivity index (χ0n) is 26.4. The lowest BCUT2D eigenvalue weighted by Crippen LogP contribution is -2.54. The van der Waals surface area contributed by atoms with Gasteiger partial charge in [0.25, 0.3) is 10.0 Å². The Morgan fingerprint density at radius 2 is 1.41 bits per heavy atom. The number of aryl methyl sites for hydroxylation is 2. The molecule has 0 bridgehead atoms. The Bertz CT molecular complexity index is 1750. The first-order valence-electron chi connectivity index (χ1n) is 15.1. The van der Waals surface area contributed by atoms with Crippen molar-refractivity contribution in [1.82, 2.24) is 10.2 Å². The summed E-state index contributed by atoms with van der Waals surface area (Å²) < 4.78 is 29.4. The number of halogens is 2. The molecule has 242 valence electrons. The van der Waals surface area contributed by atoms with Crippen LogP contribution >= 0.6 is 23.2 Å². The lowest BCUT2D eigenvalue weighted by atomic mass is 10.0. The fraction of sp³-hybridized carbons (Fsp3) is 0.278. The van der Waals surface area contributed by atoms with Crippen molar-refractivity contribution in [3.63, 3.8) is 0 Å². The highest BCUT2D eigenvalue weighted by Crippen LogP contribution is 2.35. The molecule has 2 unspecified atom stereocenters. The molecule has 2 atom stereocenters. The van der Waals surface area contributed by atoms with Crippen LogP contribution in [-0.4, -0.2) is 43.8 Å².